The molecule has 1 aliphatic heterocycles. The fourth-order valence-corrected chi connectivity index (χ4v) is 7.48. The van der Waals surface area contributed by atoms with Gasteiger partial charge < -0.3 is 15.1 Å². The molecule has 1 atom stereocenters. The molecule has 0 unspecified atom stereocenters. The van der Waals surface area contributed by atoms with Crippen LogP contribution in [-0.4, -0.2) is 59.7 Å². The van der Waals surface area contributed by atoms with Crippen molar-refractivity contribution in [3.63, 3.8) is 0 Å². The lowest BCUT2D eigenvalue weighted by Gasteiger charge is -2.57. The Morgan fingerprint density at radius 2 is 1.35 bits per heavy atom. The van der Waals surface area contributed by atoms with Crippen LogP contribution in [0.1, 0.15) is 68.3 Å². The van der Waals surface area contributed by atoms with Crippen LogP contribution in [0.5, 0.6) is 0 Å². The Hall–Kier alpha value is -2.37. The summed E-state index contributed by atoms with van der Waals surface area (Å²) in [6.07, 6.45) is 7.24. The van der Waals surface area contributed by atoms with Crippen LogP contribution < -0.4 is 5.32 Å². The maximum absolute atomic E-state index is 13.7. The molecule has 6 heteroatoms. The Kier molecular flexibility index (Phi) is 6.19. The summed E-state index contributed by atoms with van der Waals surface area (Å²) in [7, 11) is 0. The molecule has 0 aromatic heterocycles. The molecule has 1 aromatic carbocycles. The molecule has 1 aromatic rings. The zero-order chi connectivity index (χ0) is 24.0. The number of benzene rings is 1. The normalized spacial score (nSPS) is 31.0. The molecule has 3 amide bonds. The number of amides is 3. The largest absolute Gasteiger partial charge is 0.340 e. The van der Waals surface area contributed by atoms with Crippen LogP contribution in [0.15, 0.2) is 24.3 Å². The van der Waals surface area contributed by atoms with Crippen LogP contribution in [0.2, 0.25) is 0 Å². The predicted molar refractivity (Wildman–Crippen MR) is 131 cm³/mol. The second kappa shape index (κ2) is 9.01. The Morgan fingerprint density at radius 3 is 1.85 bits per heavy atom. The predicted octanol–water partition coefficient (Wildman–Crippen LogP) is 3.64. The summed E-state index contributed by atoms with van der Waals surface area (Å²) < 4.78 is 0. The summed E-state index contributed by atoms with van der Waals surface area (Å²) in [5.41, 5.74) is 1.53. The molecule has 5 aliphatic rings. The quantitative estimate of drug-likeness (QED) is 0.722. The SMILES string of the molecule is Cc1ccc(C(=O)N[C@H](C(=O)N2CCN(C(=O)C34CC5CC(CC(C5)C3)C4)CC2)C(C)C)cc1. The van der Waals surface area contributed by atoms with Gasteiger partial charge in [-0.3, -0.25) is 14.4 Å². The van der Waals surface area contributed by atoms with Crippen molar-refractivity contribution in [2.24, 2.45) is 29.1 Å². The number of hydrogen-bond acceptors (Lipinski definition) is 3. The van der Waals surface area contributed by atoms with Gasteiger partial charge in [-0.25, -0.2) is 0 Å². The number of nitrogens with one attached hydrogen (secondary N) is 1. The lowest BCUT2D eigenvalue weighted by atomic mass is 9.49. The van der Waals surface area contributed by atoms with Crippen LogP contribution >= 0.6 is 0 Å². The van der Waals surface area contributed by atoms with Crippen molar-refractivity contribution < 1.29 is 14.4 Å². The van der Waals surface area contributed by atoms with Gasteiger partial charge in [0.2, 0.25) is 11.8 Å². The minimum atomic E-state index is -0.570. The molecule has 4 bridgehead atoms. The van der Waals surface area contributed by atoms with Gasteiger partial charge in [-0.2, -0.15) is 0 Å². The van der Waals surface area contributed by atoms with Crippen LogP contribution in [0.25, 0.3) is 0 Å². The smallest absolute Gasteiger partial charge is 0.251 e. The first kappa shape index (κ1) is 23.4. The van der Waals surface area contributed by atoms with Crippen molar-refractivity contribution in [3.8, 4) is 0 Å². The van der Waals surface area contributed by atoms with Gasteiger partial charge >= 0.3 is 0 Å². The Bertz CT molecular complexity index is 911. The molecule has 4 saturated carbocycles. The van der Waals surface area contributed by atoms with Gasteiger partial charge in [0.1, 0.15) is 6.04 Å². The molecule has 5 fully saturated rings. The average Bonchev–Trinajstić information content (AvgIpc) is 2.81. The van der Waals surface area contributed by atoms with Gasteiger partial charge in [-0.05, 0) is 81.3 Å². The molecule has 0 radical (unpaired) electrons. The van der Waals surface area contributed by atoms with Crippen molar-refractivity contribution >= 4 is 17.7 Å². The maximum atomic E-state index is 13.7. The molecule has 1 N–H and O–H groups in total. The van der Waals surface area contributed by atoms with E-state index in [-0.39, 0.29) is 23.1 Å². The van der Waals surface area contributed by atoms with Crippen molar-refractivity contribution in [2.45, 2.75) is 65.3 Å². The molecule has 4 aliphatic carbocycles. The number of rotatable bonds is 5. The monoisotopic (exact) mass is 465 g/mol. The topological polar surface area (TPSA) is 69.7 Å². The number of hydrogen-bond donors (Lipinski definition) is 1. The molecular weight excluding hydrogens is 426 g/mol. The van der Waals surface area contributed by atoms with E-state index >= 15 is 0 Å². The number of nitrogens with zero attached hydrogens (tertiary/aromatic N) is 2. The molecule has 6 rings (SSSR count). The van der Waals surface area contributed by atoms with E-state index in [9.17, 15) is 14.4 Å². The summed E-state index contributed by atoms with van der Waals surface area (Å²) in [5.74, 6) is 2.33. The summed E-state index contributed by atoms with van der Waals surface area (Å²) in [4.78, 5) is 43.7. The third kappa shape index (κ3) is 4.36. The first-order valence-electron chi connectivity index (χ1n) is 13.2. The second-order valence-corrected chi connectivity index (χ2v) is 11.9. The summed E-state index contributed by atoms with van der Waals surface area (Å²) in [6.45, 7) is 8.19. The fraction of sp³-hybridized carbons (Fsp3) is 0.679. The standard InChI is InChI=1S/C28H39N3O3/c1-18(2)24(29-25(32)23-6-4-19(3)5-7-23)26(33)30-8-10-31(11-9-30)27(34)28-15-20-12-21(16-28)14-22(13-20)17-28/h4-7,18,20-22,24H,8-17H2,1-3H3,(H,29,32)/t20?,21?,22?,24-,28?/m0/s1. The highest BCUT2D eigenvalue weighted by Crippen LogP contribution is 2.60. The molecular formula is C28H39N3O3. The highest BCUT2D eigenvalue weighted by atomic mass is 16.2. The van der Waals surface area contributed by atoms with E-state index in [2.05, 4.69) is 5.32 Å². The minimum Gasteiger partial charge on any atom is -0.340 e. The van der Waals surface area contributed by atoms with Gasteiger partial charge in [0.05, 0.1) is 5.41 Å². The first-order chi connectivity index (χ1) is 16.2. The van der Waals surface area contributed by atoms with Gasteiger partial charge in [-0.1, -0.05) is 31.5 Å². The Labute approximate surface area is 203 Å². The van der Waals surface area contributed by atoms with Crippen LogP contribution in [-0.2, 0) is 9.59 Å². The zero-order valence-corrected chi connectivity index (χ0v) is 20.9. The average molecular weight is 466 g/mol. The molecule has 34 heavy (non-hydrogen) atoms. The number of carbonyl (C=O) groups is 3. The summed E-state index contributed by atoms with van der Waals surface area (Å²) in [5, 5.41) is 2.96. The van der Waals surface area contributed by atoms with Gasteiger partial charge in [0.25, 0.3) is 5.91 Å². The van der Waals surface area contributed by atoms with Crippen LogP contribution in [0.3, 0.4) is 0 Å². The number of aryl methyl sites for hydroxylation is 1. The Morgan fingerprint density at radius 1 is 0.853 bits per heavy atom. The van der Waals surface area contributed by atoms with Crippen molar-refractivity contribution in [1.29, 1.82) is 0 Å². The lowest BCUT2D eigenvalue weighted by Crippen LogP contribution is -2.60. The highest BCUT2D eigenvalue weighted by molar-refractivity contribution is 5.97. The van der Waals surface area contributed by atoms with E-state index in [1.54, 1.807) is 12.1 Å². The van der Waals surface area contributed by atoms with E-state index in [1.165, 1.54) is 19.3 Å². The fourth-order valence-electron chi connectivity index (χ4n) is 7.48. The Balaban J connectivity index is 1.19. The summed E-state index contributed by atoms with van der Waals surface area (Å²) >= 11 is 0. The van der Waals surface area contributed by atoms with Crippen molar-refractivity contribution in [3.05, 3.63) is 35.4 Å². The zero-order valence-electron chi connectivity index (χ0n) is 20.9. The summed E-state index contributed by atoms with van der Waals surface area (Å²) in [6, 6.07) is 6.82. The maximum Gasteiger partial charge on any atom is 0.251 e. The minimum absolute atomic E-state index is 0.0198. The number of piperazine rings is 1. The third-order valence-corrected chi connectivity index (χ3v) is 8.90. The molecule has 0 spiro atoms. The molecule has 1 saturated heterocycles. The third-order valence-electron chi connectivity index (χ3n) is 8.90. The van der Waals surface area contributed by atoms with E-state index in [0.29, 0.717) is 37.6 Å². The molecule has 184 valence electrons. The van der Waals surface area contributed by atoms with Crippen LogP contribution in [0.4, 0.5) is 0 Å². The highest BCUT2D eigenvalue weighted by Gasteiger charge is 2.55. The van der Waals surface area contributed by atoms with Gasteiger partial charge in [-0.15, -0.1) is 0 Å². The van der Waals surface area contributed by atoms with E-state index in [0.717, 1.165) is 42.6 Å². The van der Waals surface area contributed by atoms with E-state index in [1.807, 2.05) is 42.7 Å². The van der Waals surface area contributed by atoms with E-state index in [4.69, 9.17) is 0 Å². The lowest BCUT2D eigenvalue weighted by molar-refractivity contribution is -0.160. The second-order valence-electron chi connectivity index (χ2n) is 11.9. The van der Waals surface area contributed by atoms with Gasteiger partial charge in [0.15, 0.2) is 0 Å². The van der Waals surface area contributed by atoms with Gasteiger partial charge in [0, 0.05) is 31.7 Å². The molecule has 6 nitrogen and oxygen atoms in total. The van der Waals surface area contributed by atoms with E-state index < -0.39 is 6.04 Å². The number of carbonyl (C=O) groups excluding carboxylic acids is 3. The van der Waals surface area contributed by atoms with Crippen molar-refractivity contribution in [2.75, 3.05) is 26.2 Å². The first-order valence-corrected chi connectivity index (χ1v) is 13.2. The molecule has 1 heterocycles. The van der Waals surface area contributed by atoms with Crippen molar-refractivity contribution in [1.82, 2.24) is 15.1 Å². The van der Waals surface area contributed by atoms with Crippen LogP contribution in [0, 0.1) is 36.0 Å².